The highest BCUT2D eigenvalue weighted by atomic mass is 16.6. The largest absolute Gasteiger partial charge is 0.496 e. The molecule has 5 nitrogen and oxygen atoms in total. The predicted octanol–water partition coefficient (Wildman–Crippen LogP) is 3.56. The van der Waals surface area contributed by atoms with Gasteiger partial charge in [0.15, 0.2) is 5.75 Å². The molecule has 0 radical (unpaired) electrons. The first-order chi connectivity index (χ1) is 9.20. The number of hydrogen-bond acceptors (Lipinski definition) is 4. The van der Waals surface area contributed by atoms with Gasteiger partial charge in [0.25, 0.3) is 0 Å². The van der Waals surface area contributed by atoms with Crippen LogP contribution in [0.15, 0.2) is 18.2 Å². The van der Waals surface area contributed by atoms with Crippen molar-refractivity contribution in [2.75, 3.05) is 13.7 Å². The molecule has 0 aromatic heterocycles. The third-order valence-corrected chi connectivity index (χ3v) is 3.56. The summed E-state index contributed by atoms with van der Waals surface area (Å²) in [5.74, 6) is 1.32. The van der Waals surface area contributed by atoms with Gasteiger partial charge in [0, 0.05) is 0 Å². The first-order valence-electron chi connectivity index (χ1n) is 6.66. The van der Waals surface area contributed by atoms with Gasteiger partial charge in [0.05, 0.1) is 24.7 Å². The standard InChI is InChI=1S/C14H19NO4/c1-18-12-7-8-14(13(9-12)15(16)17)19-10-11-5-3-2-4-6-11/h7-9,11H,2-6,10H2,1H3. The summed E-state index contributed by atoms with van der Waals surface area (Å²) in [7, 11) is 1.49. The normalized spacial score (nSPS) is 16.1. The molecule has 1 aromatic carbocycles. The number of ether oxygens (including phenoxy) is 2. The van der Waals surface area contributed by atoms with Gasteiger partial charge in [-0.15, -0.1) is 0 Å². The highest BCUT2D eigenvalue weighted by Crippen LogP contribution is 2.32. The van der Waals surface area contributed by atoms with Crippen molar-refractivity contribution in [2.24, 2.45) is 5.92 Å². The van der Waals surface area contributed by atoms with E-state index in [4.69, 9.17) is 9.47 Å². The molecule has 0 unspecified atom stereocenters. The van der Waals surface area contributed by atoms with Crippen LogP contribution in [0.3, 0.4) is 0 Å². The molecule has 0 aliphatic heterocycles. The molecule has 0 saturated heterocycles. The Morgan fingerprint density at radius 3 is 2.68 bits per heavy atom. The second-order valence-corrected chi connectivity index (χ2v) is 4.91. The van der Waals surface area contributed by atoms with Gasteiger partial charge in [-0.1, -0.05) is 19.3 Å². The van der Waals surface area contributed by atoms with E-state index in [1.165, 1.54) is 32.4 Å². The van der Waals surface area contributed by atoms with E-state index in [1.807, 2.05) is 0 Å². The Morgan fingerprint density at radius 2 is 2.05 bits per heavy atom. The highest BCUT2D eigenvalue weighted by molar-refractivity contribution is 5.50. The van der Waals surface area contributed by atoms with Crippen LogP contribution in [0.1, 0.15) is 32.1 Å². The molecule has 0 N–H and O–H groups in total. The number of benzene rings is 1. The summed E-state index contributed by atoms with van der Waals surface area (Å²) < 4.78 is 10.6. The number of rotatable bonds is 5. The average molecular weight is 265 g/mol. The maximum absolute atomic E-state index is 11.0. The molecular weight excluding hydrogens is 246 g/mol. The maximum Gasteiger partial charge on any atom is 0.314 e. The molecule has 0 spiro atoms. The summed E-state index contributed by atoms with van der Waals surface area (Å²) in [6.07, 6.45) is 6.07. The van der Waals surface area contributed by atoms with Crippen LogP contribution < -0.4 is 9.47 Å². The Morgan fingerprint density at radius 1 is 1.32 bits per heavy atom. The van der Waals surface area contributed by atoms with Crippen molar-refractivity contribution < 1.29 is 14.4 Å². The Kier molecular flexibility index (Phi) is 4.60. The Hall–Kier alpha value is -1.78. The Balaban J connectivity index is 2.04. The molecule has 2 rings (SSSR count). The summed E-state index contributed by atoms with van der Waals surface area (Å²) in [6.45, 7) is 0.563. The summed E-state index contributed by atoms with van der Waals surface area (Å²) in [5, 5.41) is 11.0. The van der Waals surface area contributed by atoms with E-state index >= 15 is 0 Å². The van der Waals surface area contributed by atoms with Crippen LogP contribution in [0, 0.1) is 16.0 Å². The van der Waals surface area contributed by atoms with Crippen molar-refractivity contribution in [3.05, 3.63) is 28.3 Å². The summed E-state index contributed by atoms with van der Waals surface area (Å²) in [5.41, 5.74) is -0.0323. The molecule has 0 bridgehead atoms. The molecule has 5 heteroatoms. The first-order valence-corrected chi connectivity index (χ1v) is 6.66. The van der Waals surface area contributed by atoms with E-state index < -0.39 is 4.92 Å². The number of nitro groups is 1. The number of nitrogens with zero attached hydrogens (tertiary/aromatic N) is 1. The van der Waals surface area contributed by atoms with Gasteiger partial charge in [-0.2, -0.15) is 0 Å². The summed E-state index contributed by atoms with van der Waals surface area (Å²) >= 11 is 0. The van der Waals surface area contributed by atoms with E-state index in [0.29, 0.717) is 24.0 Å². The number of nitro benzene ring substituents is 1. The zero-order valence-electron chi connectivity index (χ0n) is 11.1. The predicted molar refractivity (Wildman–Crippen MR) is 71.7 cm³/mol. The number of methoxy groups -OCH3 is 1. The minimum absolute atomic E-state index is 0.0323. The maximum atomic E-state index is 11.0. The molecular formula is C14H19NO4. The Labute approximate surface area is 112 Å². The second-order valence-electron chi connectivity index (χ2n) is 4.91. The zero-order chi connectivity index (χ0) is 13.7. The fraction of sp³-hybridized carbons (Fsp3) is 0.571. The summed E-state index contributed by atoms with van der Waals surface area (Å²) in [4.78, 5) is 10.6. The van der Waals surface area contributed by atoms with Crippen molar-refractivity contribution in [3.63, 3.8) is 0 Å². The molecule has 1 aromatic rings. The quantitative estimate of drug-likeness (QED) is 0.603. The molecule has 1 fully saturated rings. The Bertz CT molecular complexity index is 441. The van der Waals surface area contributed by atoms with E-state index in [-0.39, 0.29) is 5.69 Å². The molecule has 0 heterocycles. The fourth-order valence-electron chi connectivity index (χ4n) is 2.45. The lowest BCUT2D eigenvalue weighted by molar-refractivity contribution is -0.386. The van der Waals surface area contributed by atoms with Gasteiger partial charge < -0.3 is 9.47 Å². The molecule has 19 heavy (non-hydrogen) atoms. The molecule has 1 aliphatic rings. The minimum Gasteiger partial charge on any atom is -0.496 e. The first kappa shape index (κ1) is 13.6. The molecule has 1 aliphatic carbocycles. The van der Waals surface area contributed by atoms with Gasteiger partial charge in [-0.25, -0.2) is 0 Å². The van der Waals surface area contributed by atoms with Gasteiger partial charge in [0.1, 0.15) is 5.75 Å². The minimum atomic E-state index is -0.432. The lowest BCUT2D eigenvalue weighted by Crippen LogP contribution is -2.15. The van der Waals surface area contributed by atoms with E-state index in [9.17, 15) is 10.1 Å². The van der Waals surface area contributed by atoms with Crippen LogP contribution in [-0.2, 0) is 0 Å². The van der Waals surface area contributed by atoms with Crippen LogP contribution >= 0.6 is 0 Å². The van der Waals surface area contributed by atoms with E-state index in [0.717, 1.165) is 12.8 Å². The van der Waals surface area contributed by atoms with Gasteiger partial charge in [-0.05, 0) is 30.9 Å². The van der Waals surface area contributed by atoms with Crippen molar-refractivity contribution >= 4 is 5.69 Å². The van der Waals surface area contributed by atoms with Crippen molar-refractivity contribution in [1.82, 2.24) is 0 Å². The van der Waals surface area contributed by atoms with Crippen molar-refractivity contribution in [2.45, 2.75) is 32.1 Å². The summed E-state index contributed by atoms with van der Waals surface area (Å²) in [6, 6.07) is 4.69. The number of hydrogen-bond donors (Lipinski definition) is 0. The van der Waals surface area contributed by atoms with Crippen LogP contribution in [0.5, 0.6) is 11.5 Å². The third-order valence-electron chi connectivity index (χ3n) is 3.56. The fourth-order valence-corrected chi connectivity index (χ4v) is 2.45. The topological polar surface area (TPSA) is 61.6 Å². The lowest BCUT2D eigenvalue weighted by atomic mass is 9.90. The van der Waals surface area contributed by atoms with Crippen LogP contribution in [0.25, 0.3) is 0 Å². The average Bonchev–Trinajstić information content (AvgIpc) is 2.46. The third kappa shape index (κ3) is 3.59. The van der Waals surface area contributed by atoms with Gasteiger partial charge in [0.2, 0.25) is 0 Å². The smallest absolute Gasteiger partial charge is 0.314 e. The SMILES string of the molecule is COc1ccc(OCC2CCCCC2)c([N+](=O)[O-])c1. The van der Waals surface area contributed by atoms with Crippen molar-refractivity contribution in [3.8, 4) is 11.5 Å². The lowest BCUT2D eigenvalue weighted by Gasteiger charge is -2.21. The van der Waals surface area contributed by atoms with Crippen molar-refractivity contribution in [1.29, 1.82) is 0 Å². The molecule has 104 valence electrons. The highest BCUT2D eigenvalue weighted by Gasteiger charge is 2.19. The van der Waals surface area contributed by atoms with Crippen LogP contribution in [0.4, 0.5) is 5.69 Å². The van der Waals surface area contributed by atoms with Gasteiger partial charge in [-0.3, -0.25) is 10.1 Å². The van der Waals surface area contributed by atoms with E-state index in [1.54, 1.807) is 12.1 Å². The van der Waals surface area contributed by atoms with Crippen LogP contribution in [-0.4, -0.2) is 18.6 Å². The van der Waals surface area contributed by atoms with Crippen LogP contribution in [0.2, 0.25) is 0 Å². The van der Waals surface area contributed by atoms with E-state index in [2.05, 4.69) is 0 Å². The molecule has 0 amide bonds. The van der Waals surface area contributed by atoms with Gasteiger partial charge >= 0.3 is 5.69 Å². The zero-order valence-corrected chi connectivity index (χ0v) is 11.1. The molecule has 0 atom stereocenters. The molecule has 1 saturated carbocycles. The monoisotopic (exact) mass is 265 g/mol. The second kappa shape index (κ2) is 6.41.